The zero-order valence-corrected chi connectivity index (χ0v) is 15.3. The molecule has 0 saturated heterocycles. The number of benzene rings is 2. The molecule has 0 aliphatic carbocycles. The highest BCUT2D eigenvalue weighted by molar-refractivity contribution is 5.91. The van der Waals surface area contributed by atoms with Crippen LogP contribution in [0.25, 0.3) is 10.9 Å². The average Bonchev–Trinajstić information content (AvgIpc) is 2.70. The van der Waals surface area contributed by atoms with Crippen molar-refractivity contribution in [2.24, 2.45) is 0 Å². The molecule has 0 unspecified atom stereocenters. The number of rotatable bonds is 7. The number of nitrogens with zero attached hydrogens (tertiary/aromatic N) is 3. The van der Waals surface area contributed by atoms with E-state index >= 15 is 0 Å². The van der Waals surface area contributed by atoms with Crippen molar-refractivity contribution >= 4 is 28.3 Å². The molecule has 0 aliphatic heterocycles. The van der Waals surface area contributed by atoms with Gasteiger partial charge in [-0.15, -0.1) is 0 Å². The van der Waals surface area contributed by atoms with Crippen molar-refractivity contribution in [3.8, 4) is 5.75 Å². The van der Waals surface area contributed by atoms with Crippen molar-refractivity contribution in [3.63, 3.8) is 0 Å². The van der Waals surface area contributed by atoms with Gasteiger partial charge in [-0.2, -0.15) is 0 Å². The minimum absolute atomic E-state index is 0.211. The molecule has 2 aromatic carbocycles. The highest BCUT2D eigenvalue weighted by atomic mass is 16.5. The lowest BCUT2D eigenvalue weighted by Crippen LogP contribution is -2.18. The monoisotopic (exact) mass is 366 g/mol. The van der Waals surface area contributed by atoms with Crippen LogP contribution < -0.4 is 15.1 Å². The van der Waals surface area contributed by atoms with Crippen molar-refractivity contribution in [2.75, 3.05) is 18.6 Å². The standard InChI is InChI=1S/C20H22N4O3/c1-14-21-18-10-4-3-9-17(18)20(22-14)24(2)15-7-5-8-16(13-15)27-12-6-11-19(25)23-26/h3-5,7-10,13,26H,6,11-12H2,1-2H3,(H,23,25). The first-order valence-corrected chi connectivity index (χ1v) is 8.71. The zero-order chi connectivity index (χ0) is 19.2. The quantitative estimate of drug-likeness (QED) is 0.379. The van der Waals surface area contributed by atoms with Gasteiger partial charge in [0.2, 0.25) is 5.91 Å². The predicted octanol–water partition coefficient (Wildman–Crippen LogP) is 3.37. The van der Waals surface area contributed by atoms with Crippen molar-refractivity contribution in [1.29, 1.82) is 0 Å². The van der Waals surface area contributed by atoms with Crippen LogP contribution in [0.5, 0.6) is 5.75 Å². The summed E-state index contributed by atoms with van der Waals surface area (Å²) in [5.74, 6) is 1.83. The van der Waals surface area contributed by atoms with Crippen LogP contribution in [-0.4, -0.2) is 34.7 Å². The largest absolute Gasteiger partial charge is 0.494 e. The molecule has 1 aromatic heterocycles. The fourth-order valence-corrected chi connectivity index (χ4v) is 2.81. The van der Waals surface area contributed by atoms with E-state index in [1.807, 2.05) is 67.4 Å². The van der Waals surface area contributed by atoms with Gasteiger partial charge < -0.3 is 9.64 Å². The number of para-hydroxylation sites is 1. The normalized spacial score (nSPS) is 10.6. The summed E-state index contributed by atoms with van der Waals surface area (Å²) < 4.78 is 5.72. The minimum atomic E-state index is -0.418. The number of aryl methyl sites for hydroxylation is 1. The molecule has 27 heavy (non-hydrogen) atoms. The van der Waals surface area contributed by atoms with Gasteiger partial charge in [-0.1, -0.05) is 18.2 Å². The second-order valence-corrected chi connectivity index (χ2v) is 6.15. The molecule has 1 amide bonds. The third-order valence-electron chi connectivity index (χ3n) is 4.16. The molecule has 140 valence electrons. The maximum Gasteiger partial charge on any atom is 0.243 e. The van der Waals surface area contributed by atoms with Crippen molar-refractivity contribution in [3.05, 3.63) is 54.4 Å². The summed E-state index contributed by atoms with van der Waals surface area (Å²) in [6.07, 6.45) is 0.727. The Morgan fingerprint density at radius 3 is 2.81 bits per heavy atom. The summed E-state index contributed by atoms with van der Waals surface area (Å²) in [5, 5.41) is 9.47. The average molecular weight is 366 g/mol. The number of fused-ring (bicyclic) bond motifs is 1. The van der Waals surface area contributed by atoms with Gasteiger partial charge >= 0.3 is 0 Å². The number of aromatic nitrogens is 2. The lowest BCUT2D eigenvalue weighted by atomic mass is 10.2. The summed E-state index contributed by atoms with van der Waals surface area (Å²) in [4.78, 5) is 22.1. The Labute approximate surface area is 157 Å². The van der Waals surface area contributed by atoms with Gasteiger partial charge in [-0.25, -0.2) is 15.4 Å². The van der Waals surface area contributed by atoms with E-state index in [4.69, 9.17) is 9.94 Å². The van der Waals surface area contributed by atoms with E-state index in [0.29, 0.717) is 24.6 Å². The number of amides is 1. The summed E-state index contributed by atoms with van der Waals surface area (Å²) in [6.45, 7) is 2.27. The lowest BCUT2D eigenvalue weighted by molar-refractivity contribution is -0.129. The number of hydrogen-bond donors (Lipinski definition) is 2. The van der Waals surface area contributed by atoms with Gasteiger partial charge in [0, 0.05) is 30.6 Å². The lowest BCUT2D eigenvalue weighted by Gasteiger charge is -2.21. The summed E-state index contributed by atoms with van der Waals surface area (Å²) in [7, 11) is 1.96. The van der Waals surface area contributed by atoms with Crippen LogP contribution in [0.4, 0.5) is 11.5 Å². The second kappa shape index (κ2) is 8.46. The van der Waals surface area contributed by atoms with Gasteiger partial charge in [-0.3, -0.25) is 10.0 Å². The number of ether oxygens (including phenoxy) is 1. The van der Waals surface area contributed by atoms with E-state index in [0.717, 1.165) is 22.4 Å². The van der Waals surface area contributed by atoms with E-state index in [2.05, 4.69) is 9.97 Å². The number of carbonyl (C=O) groups is 1. The molecule has 0 saturated carbocycles. The third kappa shape index (κ3) is 4.51. The van der Waals surface area contributed by atoms with Crippen molar-refractivity contribution in [2.45, 2.75) is 19.8 Å². The molecule has 0 spiro atoms. The maximum absolute atomic E-state index is 11.0. The molecule has 0 bridgehead atoms. The molecule has 0 fully saturated rings. The Balaban J connectivity index is 1.78. The number of hydrogen-bond acceptors (Lipinski definition) is 6. The Morgan fingerprint density at radius 1 is 1.19 bits per heavy atom. The van der Waals surface area contributed by atoms with Crippen LogP contribution in [0, 0.1) is 6.92 Å². The summed E-state index contributed by atoms with van der Waals surface area (Å²) >= 11 is 0. The first-order chi connectivity index (χ1) is 13.1. The van der Waals surface area contributed by atoms with Crippen LogP contribution in [0.15, 0.2) is 48.5 Å². The van der Waals surface area contributed by atoms with Gasteiger partial charge in [0.15, 0.2) is 0 Å². The molecular formula is C20H22N4O3. The Morgan fingerprint density at radius 2 is 2.00 bits per heavy atom. The van der Waals surface area contributed by atoms with Crippen LogP contribution in [-0.2, 0) is 4.79 Å². The topological polar surface area (TPSA) is 87.6 Å². The van der Waals surface area contributed by atoms with Gasteiger partial charge in [0.05, 0.1) is 12.1 Å². The van der Waals surface area contributed by atoms with Gasteiger partial charge in [0.1, 0.15) is 17.4 Å². The Hall–Kier alpha value is -3.19. The molecule has 7 nitrogen and oxygen atoms in total. The van der Waals surface area contributed by atoms with Crippen molar-refractivity contribution in [1.82, 2.24) is 15.4 Å². The van der Waals surface area contributed by atoms with E-state index in [9.17, 15) is 4.79 Å². The molecule has 0 radical (unpaired) electrons. The molecule has 0 aliphatic rings. The molecule has 1 heterocycles. The fraction of sp³-hybridized carbons (Fsp3) is 0.250. The fourth-order valence-electron chi connectivity index (χ4n) is 2.81. The minimum Gasteiger partial charge on any atom is -0.494 e. The van der Waals surface area contributed by atoms with Crippen molar-refractivity contribution < 1.29 is 14.7 Å². The molecule has 0 atom stereocenters. The van der Waals surface area contributed by atoms with E-state index in [1.165, 1.54) is 0 Å². The van der Waals surface area contributed by atoms with Gasteiger partial charge in [0.25, 0.3) is 0 Å². The first kappa shape index (κ1) is 18.6. The molecular weight excluding hydrogens is 344 g/mol. The smallest absolute Gasteiger partial charge is 0.243 e. The summed E-state index contributed by atoms with van der Waals surface area (Å²) in [6, 6.07) is 15.6. The zero-order valence-electron chi connectivity index (χ0n) is 15.3. The molecule has 3 rings (SSSR count). The number of hydroxylamine groups is 1. The number of anilines is 2. The number of carbonyl (C=O) groups excluding carboxylic acids is 1. The SMILES string of the molecule is Cc1nc(N(C)c2cccc(OCCCC(=O)NO)c2)c2ccccc2n1. The van der Waals surface area contributed by atoms with E-state index in [-0.39, 0.29) is 6.42 Å². The predicted molar refractivity (Wildman–Crippen MR) is 103 cm³/mol. The van der Waals surface area contributed by atoms with E-state index in [1.54, 1.807) is 5.48 Å². The molecule has 7 heteroatoms. The molecule has 3 aromatic rings. The summed E-state index contributed by atoms with van der Waals surface area (Å²) in [5.41, 5.74) is 3.45. The second-order valence-electron chi connectivity index (χ2n) is 6.15. The highest BCUT2D eigenvalue weighted by Gasteiger charge is 2.12. The van der Waals surface area contributed by atoms with Crippen LogP contribution in [0.1, 0.15) is 18.7 Å². The van der Waals surface area contributed by atoms with Gasteiger partial charge in [-0.05, 0) is 37.6 Å². The maximum atomic E-state index is 11.0. The van der Waals surface area contributed by atoms with Crippen LogP contribution in [0.2, 0.25) is 0 Å². The Kier molecular flexibility index (Phi) is 5.83. The molecule has 2 N–H and O–H groups in total. The van der Waals surface area contributed by atoms with Crippen LogP contribution in [0.3, 0.4) is 0 Å². The first-order valence-electron chi connectivity index (χ1n) is 8.71. The van der Waals surface area contributed by atoms with Crippen LogP contribution >= 0.6 is 0 Å². The van der Waals surface area contributed by atoms with E-state index < -0.39 is 5.91 Å². The highest BCUT2D eigenvalue weighted by Crippen LogP contribution is 2.30. The third-order valence-corrected chi connectivity index (χ3v) is 4.16. The Bertz CT molecular complexity index is 945. The number of nitrogens with one attached hydrogen (secondary N) is 1.